The minimum Gasteiger partial charge on any atom is -0.358 e. The number of nitrogens with one attached hydrogen (secondary N) is 1. The quantitative estimate of drug-likeness (QED) is 0.861. The van der Waals surface area contributed by atoms with E-state index in [9.17, 15) is 4.79 Å². The highest BCUT2D eigenvalue weighted by Gasteiger charge is 2.19. The number of rotatable bonds is 2. The van der Waals surface area contributed by atoms with Gasteiger partial charge in [0.15, 0.2) is 0 Å². The third-order valence-electron chi connectivity index (χ3n) is 3.93. The monoisotopic (exact) mass is 257 g/mol. The molecule has 1 aliphatic heterocycles. The number of fused-ring (bicyclic) bond motifs is 1. The fourth-order valence-corrected chi connectivity index (χ4v) is 2.84. The van der Waals surface area contributed by atoms with Crippen molar-refractivity contribution in [1.82, 2.24) is 4.98 Å². The number of nitrogens with two attached hydrogens (primary N) is 1. The molecule has 0 spiro atoms. The molecule has 0 bridgehead atoms. The predicted octanol–water partition coefficient (Wildman–Crippen LogP) is 1.70. The first-order valence-corrected chi connectivity index (χ1v) is 6.85. The van der Waals surface area contributed by atoms with Crippen molar-refractivity contribution in [2.75, 3.05) is 24.5 Å². The second-order valence-corrected chi connectivity index (χ2v) is 5.26. The van der Waals surface area contributed by atoms with Gasteiger partial charge in [-0.1, -0.05) is 18.2 Å². The van der Waals surface area contributed by atoms with E-state index in [2.05, 4.69) is 16.0 Å². The highest BCUT2D eigenvalue weighted by molar-refractivity contribution is 5.83. The van der Waals surface area contributed by atoms with Crippen LogP contribution in [0.5, 0.6) is 0 Å². The number of nitrogens with zero attached hydrogens (tertiary/aromatic N) is 1. The van der Waals surface area contributed by atoms with Crippen molar-refractivity contribution in [1.29, 1.82) is 0 Å². The molecule has 2 heterocycles. The van der Waals surface area contributed by atoms with Gasteiger partial charge in [-0.2, -0.15) is 0 Å². The third-order valence-corrected chi connectivity index (χ3v) is 3.93. The molecular weight excluding hydrogens is 238 g/mol. The molecule has 3 N–H and O–H groups in total. The fraction of sp³-hybridized carbons (Fsp3) is 0.400. The van der Waals surface area contributed by atoms with Crippen LogP contribution in [0.2, 0.25) is 0 Å². The van der Waals surface area contributed by atoms with Crippen LogP contribution in [0, 0.1) is 5.92 Å². The van der Waals surface area contributed by atoms with Crippen LogP contribution in [0.4, 0.5) is 5.82 Å². The van der Waals surface area contributed by atoms with Gasteiger partial charge in [0.05, 0.1) is 0 Å². The Morgan fingerprint density at radius 3 is 3.05 bits per heavy atom. The molecule has 1 aliphatic rings. The number of aromatic nitrogens is 1. The van der Waals surface area contributed by atoms with Gasteiger partial charge in [-0.05, 0) is 42.8 Å². The number of aromatic amines is 1. The van der Waals surface area contributed by atoms with Gasteiger partial charge in [-0.3, -0.25) is 4.79 Å². The van der Waals surface area contributed by atoms with E-state index in [1.54, 1.807) is 0 Å². The second kappa shape index (κ2) is 5.05. The lowest BCUT2D eigenvalue weighted by molar-refractivity contribution is 0.421. The average Bonchev–Trinajstić information content (AvgIpc) is 2.47. The molecule has 1 fully saturated rings. The summed E-state index contributed by atoms with van der Waals surface area (Å²) in [5.41, 5.74) is 5.75. The summed E-state index contributed by atoms with van der Waals surface area (Å²) in [4.78, 5) is 17.3. The molecule has 1 atom stereocenters. The molecule has 4 heteroatoms. The number of benzene rings is 1. The topological polar surface area (TPSA) is 62.1 Å². The molecular formula is C15H19N3O. The van der Waals surface area contributed by atoms with Crippen LogP contribution in [-0.4, -0.2) is 24.6 Å². The Balaban J connectivity index is 1.99. The van der Waals surface area contributed by atoms with Crippen molar-refractivity contribution in [3.05, 3.63) is 40.7 Å². The fourth-order valence-electron chi connectivity index (χ4n) is 2.84. The van der Waals surface area contributed by atoms with E-state index in [-0.39, 0.29) is 5.56 Å². The number of piperidine rings is 1. The van der Waals surface area contributed by atoms with Gasteiger partial charge in [0, 0.05) is 18.5 Å². The lowest BCUT2D eigenvalue weighted by Gasteiger charge is -2.33. The normalized spacial score (nSPS) is 19.8. The van der Waals surface area contributed by atoms with Crippen LogP contribution in [0.15, 0.2) is 35.1 Å². The predicted molar refractivity (Wildman–Crippen MR) is 78.6 cm³/mol. The van der Waals surface area contributed by atoms with Crippen molar-refractivity contribution in [3.63, 3.8) is 0 Å². The average molecular weight is 257 g/mol. The maximum Gasteiger partial charge on any atom is 0.257 e. The van der Waals surface area contributed by atoms with E-state index >= 15 is 0 Å². The summed E-state index contributed by atoms with van der Waals surface area (Å²) >= 11 is 0. The Morgan fingerprint density at radius 2 is 2.21 bits per heavy atom. The minimum atomic E-state index is -0.0111. The van der Waals surface area contributed by atoms with Crippen LogP contribution in [0.3, 0.4) is 0 Å². The molecule has 1 unspecified atom stereocenters. The Labute approximate surface area is 112 Å². The first kappa shape index (κ1) is 12.2. The Morgan fingerprint density at radius 1 is 1.37 bits per heavy atom. The van der Waals surface area contributed by atoms with E-state index in [0.717, 1.165) is 36.1 Å². The summed E-state index contributed by atoms with van der Waals surface area (Å²) in [5, 5.41) is 1.75. The number of hydrogen-bond acceptors (Lipinski definition) is 3. The largest absolute Gasteiger partial charge is 0.358 e. The molecule has 3 rings (SSSR count). The van der Waals surface area contributed by atoms with Crippen molar-refractivity contribution in [2.24, 2.45) is 11.7 Å². The van der Waals surface area contributed by atoms with Gasteiger partial charge >= 0.3 is 0 Å². The van der Waals surface area contributed by atoms with Crippen molar-refractivity contribution >= 4 is 16.6 Å². The van der Waals surface area contributed by atoms with E-state index in [4.69, 9.17) is 5.73 Å². The number of hydrogen-bond donors (Lipinski definition) is 2. The van der Waals surface area contributed by atoms with Gasteiger partial charge < -0.3 is 15.6 Å². The Bertz CT molecular complexity index is 635. The second-order valence-electron chi connectivity index (χ2n) is 5.26. The number of pyridine rings is 1. The van der Waals surface area contributed by atoms with Gasteiger partial charge in [0.2, 0.25) is 0 Å². The molecule has 100 valence electrons. The van der Waals surface area contributed by atoms with E-state index in [0.29, 0.717) is 12.5 Å². The first-order valence-electron chi connectivity index (χ1n) is 6.85. The van der Waals surface area contributed by atoms with E-state index < -0.39 is 0 Å². The van der Waals surface area contributed by atoms with Crippen LogP contribution < -0.4 is 16.2 Å². The maximum absolute atomic E-state index is 12.1. The van der Waals surface area contributed by atoms with Crippen LogP contribution in [-0.2, 0) is 0 Å². The molecule has 2 aromatic rings. The number of anilines is 1. The standard InChI is InChI=1S/C15H19N3O/c16-9-11-4-3-7-18(10-11)14-8-12-5-1-2-6-13(12)15(19)17-14/h1-2,5-6,8,11H,3-4,7,9-10,16H2,(H,17,19). The summed E-state index contributed by atoms with van der Waals surface area (Å²) in [5.74, 6) is 1.45. The molecule has 0 radical (unpaired) electrons. The van der Waals surface area contributed by atoms with Gasteiger partial charge in [0.25, 0.3) is 5.56 Å². The maximum atomic E-state index is 12.1. The van der Waals surface area contributed by atoms with Gasteiger partial charge in [-0.15, -0.1) is 0 Å². The zero-order valence-corrected chi connectivity index (χ0v) is 10.9. The molecule has 1 aromatic heterocycles. The smallest absolute Gasteiger partial charge is 0.257 e. The van der Waals surface area contributed by atoms with E-state index in [1.807, 2.05) is 24.3 Å². The Hall–Kier alpha value is -1.81. The zero-order chi connectivity index (χ0) is 13.2. The summed E-state index contributed by atoms with van der Waals surface area (Å²) in [6.45, 7) is 2.64. The van der Waals surface area contributed by atoms with Gasteiger partial charge in [0.1, 0.15) is 5.82 Å². The Kier molecular flexibility index (Phi) is 3.25. The van der Waals surface area contributed by atoms with Crippen LogP contribution >= 0.6 is 0 Å². The number of H-pyrrole nitrogens is 1. The molecule has 4 nitrogen and oxygen atoms in total. The van der Waals surface area contributed by atoms with Crippen LogP contribution in [0.1, 0.15) is 12.8 Å². The lowest BCUT2D eigenvalue weighted by Crippen LogP contribution is -2.39. The molecule has 1 aromatic carbocycles. The van der Waals surface area contributed by atoms with Crippen LogP contribution in [0.25, 0.3) is 10.8 Å². The SMILES string of the molecule is NCC1CCCN(c2cc3ccccc3c(=O)[nH]2)C1. The van der Waals surface area contributed by atoms with Crippen molar-refractivity contribution < 1.29 is 0 Å². The molecule has 1 saturated heterocycles. The third kappa shape index (κ3) is 2.36. The summed E-state index contributed by atoms with van der Waals surface area (Å²) in [6.07, 6.45) is 2.32. The summed E-state index contributed by atoms with van der Waals surface area (Å²) in [7, 11) is 0. The summed E-state index contributed by atoms with van der Waals surface area (Å²) < 4.78 is 0. The first-order chi connectivity index (χ1) is 9.28. The zero-order valence-electron chi connectivity index (χ0n) is 10.9. The van der Waals surface area contributed by atoms with Gasteiger partial charge in [-0.25, -0.2) is 0 Å². The van der Waals surface area contributed by atoms with E-state index in [1.165, 1.54) is 6.42 Å². The highest BCUT2D eigenvalue weighted by atomic mass is 16.1. The van der Waals surface area contributed by atoms with Crippen molar-refractivity contribution in [3.8, 4) is 0 Å². The lowest BCUT2D eigenvalue weighted by atomic mass is 9.98. The molecule has 0 aliphatic carbocycles. The highest BCUT2D eigenvalue weighted by Crippen LogP contribution is 2.22. The van der Waals surface area contributed by atoms with Crippen molar-refractivity contribution in [2.45, 2.75) is 12.8 Å². The molecule has 0 saturated carbocycles. The molecule has 19 heavy (non-hydrogen) atoms. The summed E-state index contributed by atoms with van der Waals surface area (Å²) in [6, 6.07) is 9.76. The molecule has 0 amide bonds. The minimum absolute atomic E-state index is 0.0111.